The van der Waals surface area contributed by atoms with E-state index in [1.807, 2.05) is 0 Å². The molecule has 0 saturated carbocycles. The van der Waals surface area contributed by atoms with Gasteiger partial charge in [0.1, 0.15) is 0 Å². The maximum atomic E-state index is 10.6. The Morgan fingerprint density at radius 3 is 2.82 bits per heavy atom. The first kappa shape index (κ1) is 13.2. The molecule has 92 valence electrons. The summed E-state index contributed by atoms with van der Waals surface area (Å²) in [5, 5.41) is 19.6. The minimum atomic E-state index is -0.896. The quantitative estimate of drug-likeness (QED) is 0.464. The van der Waals surface area contributed by atoms with E-state index in [-0.39, 0.29) is 11.5 Å². The van der Waals surface area contributed by atoms with Crippen molar-refractivity contribution in [2.75, 3.05) is 11.5 Å². The second kappa shape index (κ2) is 5.48. The zero-order valence-electron chi connectivity index (χ0n) is 8.99. The van der Waals surface area contributed by atoms with E-state index in [0.717, 1.165) is 0 Å². The molecule has 0 radical (unpaired) electrons. The van der Waals surface area contributed by atoms with Gasteiger partial charge in [0.25, 0.3) is 0 Å². The van der Waals surface area contributed by atoms with Crippen molar-refractivity contribution in [3.05, 3.63) is 22.2 Å². The van der Waals surface area contributed by atoms with Crippen LogP contribution in [0.3, 0.4) is 0 Å². The van der Waals surface area contributed by atoms with Crippen LogP contribution < -0.4 is 5.73 Å². The Balaban J connectivity index is 2.71. The number of aliphatic carboxylic acids is 1. The summed E-state index contributed by atoms with van der Waals surface area (Å²) in [7, 11) is 0. The Labute approximate surface area is 101 Å². The van der Waals surface area contributed by atoms with Gasteiger partial charge in [0.2, 0.25) is 5.82 Å². The van der Waals surface area contributed by atoms with E-state index in [1.54, 1.807) is 6.92 Å². The van der Waals surface area contributed by atoms with Gasteiger partial charge >= 0.3 is 11.7 Å². The molecule has 0 aliphatic rings. The van der Waals surface area contributed by atoms with Crippen molar-refractivity contribution in [3.8, 4) is 0 Å². The highest BCUT2D eigenvalue weighted by molar-refractivity contribution is 7.99. The summed E-state index contributed by atoms with van der Waals surface area (Å²) in [5.41, 5.74) is 5.16. The monoisotopic (exact) mass is 257 g/mol. The van der Waals surface area contributed by atoms with Crippen molar-refractivity contribution in [2.45, 2.75) is 11.9 Å². The van der Waals surface area contributed by atoms with Crippen LogP contribution in [0.2, 0.25) is 0 Å². The van der Waals surface area contributed by atoms with Crippen molar-refractivity contribution in [2.24, 2.45) is 5.92 Å². The summed E-state index contributed by atoms with van der Waals surface area (Å²) >= 11 is 1.20. The molecule has 0 aliphatic heterocycles. The van der Waals surface area contributed by atoms with E-state index < -0.39 is 16.8 Å². The number of carboxylic acid groups (broad SMARTS) is 1. The average Bonchev–Trinajstić information content (AvgIpc) is 2.25. The third-order valence-corrected chi connectivity index (χ3v) is 3.17. The van der Waals surface area contributed by atoms with Crippen LogP contribution in [0, 0.1) is 16.0 Å². The van der Waals surface area contributed by atoms with Crippen molar-refractivity contribution in [3.63, 3.8) is 0 Å². The molecule has 1 heterocycles. The molecule has 0 spiro atoms. The summed E-state index contributed by atoms with van der Waals surface area (Å²) in [6, 6.07) is 2.71. The molecule has 0 amide bonds. The van der Waals surface area contributed by atoms with E-state index in [9.17, 15) is 14.9 Å². The van der Waals surface area contributed by atoms with Crippen LogP contribution in [-0.4, -0.2) is 26.7 Å². The van der Waals surface area contributed by atoms with Crippen LogP contribution in [-0.2, 0) is 4.79 Å². The highest BCUT2D eigenvalue weighted by Gasteiger charge is 2.15. The molecule has 1 unspecified atom stereocenters. The van der Waals surface area contributed by atoms with Crippen molar-refractivity contribution in [1.29, 1.82) is 0 Å². The number of thioether (sulfide) groups is 1. The van der Waals surface area contributed by atoms with E-state index in [2.05, 4.69) is 4.98 Å². The van der Waals surface area contributed by atoms with Gasteiger partial charge in [-0.05, 0) is 6.07 Å². The van der Waals surface area contributed by atoms with Crippen LogP contribution in [0.1, 0.15) is 6.92 Å². The van der Waals surface area contributed by atoms with Gasteiger partial charge in [-0.3, -0.25) is 14.9 Å². The minimum absolute atomic E-state index is 0.164. The van der Waals surface area contributed by atoms with Crippen LogP contribution in [0.15, 0.2) is 17.2 Å². The lowest BCUT2D eigenvalue weighted by molar-refractivity contribution is -0.384. The Morgan fingerprint density at radius 1 is 1.71 bits per heavy atom. The van der Waals surface area contributed by atoms with Gasteiger partial charge in [0, 0.05) is 11.8 Å². The van der Waals surface area contributed by atoms with Gasteiger partial charge in [-0.25, -0.2) is 4.98 Å². The predicted molar refractivity (Wildman–Crippen MR) is 62.8 cm³/mol. The molecule has 17 heavy (non-hydrogen) atoms. The SMILES string of the molecule is CC(CSc1ccc([N+](=O)[O-])c(N)n1)C(=O)O. The molecule has 1 rings (SSSR count). The molecule has 0 fully saturated rings. The molecule has 0 aliphatic carbocycles. The number of rotatable bonds is 5. The number of anilines is 1. The molecular weight excluding hydrogens is 246 g/mol. The van der Waals surface area contributed by atoms with Gasteiger partial charge in [0.15, 0.2) is 0 Å². The molecule has 1 aromatic heterocycles. The number of carbonyl (C=O) groups is 1. The second-order valence-electron chi connectivity index (χ2n) is 3.36. The third kappa shape index (κ3) is 3.59. The molecule has 0 aromatic carbocycles. The molecule has 8 heteroatoms. The summed E-state index contributed by atoms with van der Waals surface area (Å²) in [6.45, 7) is 1.57. The second-order valence-corrected chi connectivity index (χ2v) is 4.40. The molecule has 3 N–H and O–H groups in total. The smallest absolute Gasteiger partial charge is 0.311 e. The van der Waals surface area contributed by atoms with Crippen LogP contribution in [0.5, 0.6) is 0 Å². The van der Waals surface area contributed by atoms with E-state index >= 15 is 0 Å². The summed E-state index contributed by atoms with van der Waals surface area (Å²) in [5.74, 6) is -1.24. The summed E-state index contributed by atoms with van der Waals surface area (Å²) < 4.78 is 0. The number of pyridine rings is 1. The van der Waals surface area contributed by atoms with Gasteiger partial charge in [0.05, 0.1) is 15.9 Å². The summed E-state index contributed by atoms with van der Waals surface area (Å²) in [6.07, 6.45) is 0. The number of hydrogen-bond donors (Lipinski definition) is 2. The molecule has 1 atom stereocenters. The van der Waals surface area contributed by atoms with Crippen LogP contribution in [0.4, 0.5) is 11.5 Å². The van der Waals surface area contributed by atoms with Gasteiger partial charge in [-0.1, -0.05) is 6.92 Å². The maximum absolute atomic E-state index is 10.6. The van der Waals surface area contributed by atoms with Gasteiger partial charge in [-0.15, -0.1) is 11.8 Å². The first-order chi connectivity index (χ1) is 7.91. The topological polar surface area (TPSA) is 119 Å². The van der Waals surface area contributed by atoms with Crippen molar-refractivity contribution in [1.82, 2.24) is 4.98 Å². The Hall–Kier alpha value is -1.83. The standard InChI is InChI=1S/C9H11N3O4S/c1-5(9(13)14)4-17-7-3-2-6(12(15)16)8(10)11-7/h2-3,5H,4H2,1H3,(H2,10,11)(H,13,14). The lowest BCUT2D eigenvalue weighted by atomic mass is 10.2. The van der Waals surface area contributed by atoms with E-state index in [1.165, 1.54) is 23.9 Å². The number of carboxylic acids is 1. The zero-order chi connectivity index (χ0) is 13.0. The molecule has 7 nitrogen and oxygen atoms in total. The molecule has 0 saturated heterocycles. The minimum Gasteiger partial charge on any atom is -0.481 e. The Bertz CT molecular complexity index is 452. The largest absolute Gasteiger partial charge is 0.481 e. The molecule has 1 aromatic rings. The highest BCUT2D eigenvalue weighted by Crippen LogP contribution is 2.25. The summed E-state index contributed by atoms with van der Waals surface area (Å²) in [4.78, 5) is 24.3. The number of nitrogens with two attached hydrogens (primary N) is 1. The fourth-order valence-electron chi connectivity index (χ4n) is 0.965. The molecule has 0 bridgehead atoms. The van der Waals surface area contributed by atoms with Crippen LogP contribution >= 0.6 is 11.8 Å². The highest BCUT2D eigenvalue weighted by atomic mass is 32.2. The van der Waals surface area contributed by atoms with E-state index in [4.69, 9.17) is 10.8 Å². The number of nitrogen functional groups attached to an aromatic ring is 1. The number of nitro groups is 1. The fourth-order valence-corrected chi connectivity index (χ4v) is 1.86. The normalized spacial score (nSPS) is 12.1. The molecular formula is C9H11N3O4S. The Kier molecular flexibility index (Phi) is 4.27. The van der Waals surface area contributed by atoms with Crippen molar-refractivity contribution >= 4 is 29.2 Å². The fraction of sp³-hybridized carbons (Fsp3) is 0.333. The number of nitrogens with zero attached hydrogens (tertiary/aromatic N) is 2. The first-order valence-electron chi connectivity index (χ1n) is 4.68. The number of aromatic nitrogens is 1. The third-order valence-electron chi connectivity index (χ3n) is 1.98. The lowest BCUT2D eigenvalue weighted by Gasteiger charge is -2.05. The predicted octanol–water partition coefficient (Wildman–Crippen LogP) is 1.38. The zero-order valence-corrected chi connectivity index (χ0v) is 9.81. The van der Waals surface area contributed by atoms with E-state index in [0.29, 0.717) is 10.8 Å². The van der Waals surface area contributed by atoms with Gasteiger partial charge in [-0.2, -0.15) is 0 Å². The van der Waals surface area contributed by atoms with Gasteiger partial charge < -0.3 is 10.8 Å². The lowest BCUT2D eigenvalue weighted by Crippen LogP contribution is -2.11. The maximum Gasteiger partial charge on any atom is 0.311 e. The Morgan fingerprint density at radius 2 is 2.35 bits per heavy atom. The van der Waals surface area contributed by atoms with Crippen LogP contribution in [0.25, 0.3) is 0 Å². The average molecular weight is 257 g/mol. The van der Waals surface area contributed by atoms with Crippen molar-refractivity contribution < 1.29 is 14.8 Å². The number of hydrogen-bond acceptors (Lipinski definition) is 6. The first-order valence-corrected chi connectivity index (χ1v) is 5.67.